The van der Waals surface area contributed by atoms with Crippen molar-refractivity contribution in [2.24, 2.45) is 0 Å². The van der Waals surface area contributed by atoms with Crippen molar-refractivity contribution in [2.45, 2.75) is 32.1 Å². The average molecular weight is 280 g/mol. The zero-order valence-electron chi connectivity index (χ0n) is 12.3. The summed E-state index contributed by atoms with van der Waals surface area (Å²) in [5, 5.41) is 0. The Kier molecular flexibility index (Phi) is 4.05. The van der Waals surface area contributed by atoms with Gasteiger partial charge >= 0.3 is 0 Å². The van der Waals surface area contributed by atoms with E-state index in [1.807, 2.05) is 42.5 Å². The fraction of sp³-hybridized carbons (Fsp3) is 0.316. The van der Waals surface area contributed by atoms with Crippen LogP contribution in [0, 0.1) is 0 Å². The van der Waals surface area contributed by atoms with Gasteiger partial charge in [0.2, 0.25) is 0 Å². The Hall–Kier alpha value is -2.09. The zero-order chi connectivity index (χ0) is 14.7. The molecule has 0 spiro atoms. The predicted octanol–water partition coefficient (Wildman–Crippen LogP) is 4.39. The third-order valence-corrected chi connectivity index (χ3v) is 4.03. The summed E-state index contributed by atoms with van der Waals surface area (Å²) < 4.78 is 5.65. The molecule has 0 amide bonds. The van der Waals surface area contributed by atoms with E-state index in [1.54, 1.807) is 0 Å². The van der Waals surface area contributed by atoms with Crippen molar-refractivity contribution in [2.75, 3.05) is 6.61 Å². The van der Waals surface area contributed by atoms with Gasteiger partial charge in [0, 0.05) is 11.1 Å². The van der Waals surface area contributed by atoms with Gasteiger partial charge in [-0.1, -0.05) is 49.7 Å². The van der Waals surface area contributed by atoms with Crippen LogP contribution in [0.5, 0.6) is 5.75 Å². The molecule has 0 saturated carbocycles. The van der Waals surface area contributed by atoms with Crippen LogP contribution in [0.3, 0.4) is 0 Å². The molecule has 1 aliphatic rings. The largest absolute Gasteiger partial charge is 0.493 e. The normalized spacial score (nSPS) is 16.9. The number of Topliss-reactive ketones (excluding diaryl/α,β-unsaturated/α-hetero) is 1. The Labute approximate surface area is 125 Å². The van der Waals surface area contributed by atoms with Crippen LogP contribution in [-0.2, 0) is 6.42 Å². The quantitative estimate of drug-likeness (QED) is 0.776. The van der Waals surface area contributed by atoms with Crippen molar-refractivity contribution in [3.05, 3.63) is 65.2 Å². The topological polar surface area (TPSA) is 26.3 Å². The summed E-state index contributed by atoms with van der Waals surface area (Å²) in [5.74, 6) is 0.988. The number of ketones is 1. The number of hydrogen-bond donors (Lipinski definition) is 0. The number of aryl methyl sites for hydroxylation is 1. The number of carbonyl (C=O) groups excluding carboxylic acids is 1. The Morgan fingerprint density at radius 3 is 2.90 bits per heavy atom. The number of carbonyl (C=O) groups is 1. The molecule has 3 rings (SSSR count). The summed E-state index contributed by atoms with van der Waals surface area (Å²) in [6.07, 6.45) is 2.87. The summed E-state index contributed by atoms with van der Waals surface area (Å²) in [5.41, 5.74) is 3.08. The second-order valence-corrected chi connectivity index (χ2v) is 5.54. The van der Waals surface area contributed by atoms with E-state index in [1.165, 1.54) is 5.56 Å². The molecule has 0 saturated heterocycles. The monoisotopic (exact) mass is 280 g/mol. The average Bonchev–Trinajstić information content (AvgIpc) is 2.54. The van der Waals surface area contributed by atoms with Crippen LogP contribution in [0.2, 0.25) is 0 Å². The van der Waals surface area contributed by atoms with Crippen LogP contribution in [0.1, 0.15) is 47.2 Å². The number of rotatable bonds is 4. The number of ether oxygens (including phenoxy) is 1. The van der Waals surface area contributed by atoms with E-state index >= 15 is 0 Å². The first-order chi connectivity index (χ1) is 10.3. The van der Waals surface area contributed by atoms with Crippen LogP contribution >= 0.6 is 0 Å². The maximum atomic E-state index is 12.9. The van der Waals surface area contributed by atoms with Gasteiger partial charge in [0.05, 0.1) is 12.5 Å². The molecule has 21 heavy (non-hydrogen) atoms. The highest BCUT2D eigenvalue weighted by atomic mass is 16.5. The van der Waals surface area contributed by atoms with E-state index in [-0.39, 0.29) is 11.7 Å². The molecule has 1 unspecified atom stereocenters. The maximum absolute atomic E-state index is 12.9. The first-order valence-electron chi connectivity index (χ1n) is 7.64. The molecular formula is C19H20O2. The lowest BCUT2D eigenvalue weighted by molar-refractivity contribution is 0.0933. The number of para-hydroxylation sites is 1. The highest BCUT2D eigenvalue weighted by Crippen LogP contribution is 2.35. The van der Waals surface area contributed by atoms with Crippen molar-refractivity contribution < 1.29 is 9.53 Å². The van der Waals surface area contributed by atoms with Crippen molar-refractivity contribution in [1.29, 1.82) is 0 Å². The van der Waals surface area contributed by atoms with Gasteiger partial charge in [-0.15, -0.1) is 0 Å². The zero-order valence-corrected chi connectivity index (χ0v) is 12.3. The van der Waals surface area contributed by atoms with Crippen molar-refractivity contribution in [3.63, 3.8) is 0 Å². The lowest BCUT2D eigenvalue weighted by atomic mass is 9.86. The Bertz CT molecular complexity index is 646. The molecule has 0 aromatic heterocycles. The molecule has 0 aliphatic carbocycles. The minimum atomic E-state index is -0.0770. The van der Waals surface area contributed by atoms with E-state index in [0.29, 0.717) is 6.61 Å². The first kappa shape index (κ1) is 13.9. The third kappa shape index (κ3) is 2.85. The highest BCUT2D eigenvalue weighted by molar-refractivity contribution is 6.01. The third-order valence-electron chi connectivity index (χ3n) is 4.03. The summed E-state index contributed by atoms with van der Waals surface area (Å²) in [6.45, 7) is 2.77. The Morgan fingerprint density at radius 1 is 1.19 bits per heavy atom. The van der Waals surface area contributed by atoms with Gasteiger partial charge in [-0.3, -0.25) is 4.79 Å². The van der Waals surface area contributed by atoms with Gasteiger partial charge in [0.1, 0.15) is 5.75 Å². The summed E-state index contributed by atoms with van der Waals surface area (Å²) in [4.78, 5) is 12.9. The molecular weight excluding hydrogens is 260 g/mol. The molecule has 0 fully saturated rings. The Morgan fingerprint density at radius 2 is 2.05 bits per heavy atom. The summed E-state index contributed by atoms with van der Waals surface area (Å²) >= 11 is 0. The summed E-state index contributed by atoms with van der Waals surface area (Å²) in [6, 6.07) is 15.9. The minimum absolute atomic E-state index is 0.0770. The van der Waals surface area contributed by atoms with Crippen molar-refractivity contribution in [3.8, 4) is 5.75 Å². The van der Waals surface area contributed by atoms with Gasteiger partial charge in [-0.2, -0.15) is 0 Å². The molecule has 108 valence electrons. The molecule has 2 aromatic rings. The van der Waals surface area contributed by atoms with Crippen LogP contribution in [-0.4, -0.2) is 12.4 Å². The second kappa shape index (κ2) is 6.13. The van der Waals surface area contributed by atoms with Gasteiger partial charge < -0.3 is 4.74 Å². The van der Waals surface area contributed by atoms with Crippen molar-refractivity contribution >= 4 is 5.78 Å². The van der Waals surface area contributed by atoms with E-state index in [9.17, 15) is 4.79 Å². The molecule has 1 aliphatic heterocycles. The van der Waals surface area contributed by atoms with Crippen LogP contribution in [0.4, 0.5) is 0 Å². The standard InChI is InChI=1S/C19H20O2/c1-2-6-14-7-5-8-15(13-14)19(20)17-11-12-21-18-10-4-3-9-16(17)18/h3-5,7-10,13,17H,2,6,11-12H2,1H3. The smallest absolute Gasteiger partial charge is 0.170 e. The lowest BCUT2D eigenvalue weighted by Gasteiger charge is -2.25. The first-order valence-corrected chi connectivity index (χ1v) is 7.64. The van der Waals surface area contributed by atoms with E-state index in [4.69, 9.17) is 4.74 Å². The van der Waals surface area contributed by atoms with Crippen LogP contribution in [0.25, 0.3) is 0 Å². The highest BCUT2D eigenvalue weighted by Gasteiger charge is 2.28. The number of benzene rings is 2. The molecule has 2 aromatic carbocycles. The summed E-state index contributed by atoms with van der Waals surface area (Å²) in [7, 11) is 0. The fourth-order valence-corrected chi connectivity index (χ4v) is 2.98. The second-order valence-electron chi connectivity index (χ2n) is 5.54. The van der Waals surface area contributed by atoms with Crippen molar-refractivity contribution in [1.82, 2.24) is 0 Å². The van der Waals surface area contributed by atoms with Gasteiger partial charge in [-0.05, 0) is 30.5 Å². The molecule has 0 radical (unpaired) electrons. The van der Waals surface area contributed by atoms with Gasteiger partial charge in [0.25, 0.3) is 0 Å². The van der Waals surface area contributed by atoms with E-state index in [0.717, 1.165) is 36.1 Å². The minimum Gasteiger partial charge on any atom is -0.493 e. The van der Waals surface area contributed by atoms with Gasteiger partial charge in [-0.25, -0.2) is 0 Å². The molecule has 2 heteroatoms. The lowest BCUT2D eigenvalue weighted by Crippen LogP contribution is -2.21. The maximum Gasteiger partial charge on any atom is 0.170 e. The predicted molar refractivity (Wildman–Crippen MR) is 84.1 cm³/mol. The molecule has 0 N–H and O–H groups in total. The Balaban J connectivity index is 1.91. The van der Waals surface area contributed by atoms with Crippen LogP contribution < -0.4 is 4.74 Å². The number of hydrogen-bond acceptors (Lipinski definition) is 2. The van der Waals surface area contributed by atoms with Crippen LogP contribution in [0.15, 0.2) is 48.5 Å². The van der Waals surface area contributed by atoms with E-state index in [2.05, 4.69) is 13.0 Å². The van der Waals surface area contributed by atoms with Gasteiger partial charge in [0.15, 0.2) is 5.78 Å². The molecule has 0 bridgehead atoms. The molecule has 2 nitrogen and oxygen atoms in total. The molecule has 1 heterocycles. The number of fused-ring (bicyclic) bond motifs is 1. The van der Waals surface area contributed by atoms with E-state index < -0.39 is 0 Å². The SMILES string of the molecule is CCCc1cccc(C(=O)C2CCOc3ccccc32)c1. The fourth-order valence-electron chi connectivity index (χ4n) is 2.98. The molecule has 1 atom stereocenters.